The van der Waals surface area contributed by atoms with Crippen LogP contribution in [0.15, 0.2) is 17.5 Å². The van der Waals surface area contributed by atoms with Gasteiger partial charge in [0.25, 0.3) is 0 Å². The molecule has 1 saturated carbocycles. The Kier molecular flexibility index (Phi) is 3.30. The summed E-state index contributed by atoms with van der Waals surface area (Å²) in [5.41, 5.74) is 4.98. The second-order valence-corrected chi connectivity index (χ2v) is 5.73. The van der Waals surface area contributed by atoms with Crippen molar-refractivity contribution in [3.05, 3.63) is 22.4 Å². The molecule has 3 nitrogen and oxygen atoms in total. The number of carboxylic acid groups (broad SMARTS) is 1. The first kappa shape index (κ1) is 11.6. The minimum absolute atomic E-state index is 0.233. The van der Waals surface area contributed by atoms with E-state index in [9.17, 15) is 9.90 Å². The Labute approximate surface area is 99.3 Å². The molecule has 0 amide bonds. The third kappa shape index (κ3) is 2.44. The number of rotatable bonds is 6. The van der Waals surface area contributed by atoms with Crippen molar-refractivity contribution in [2.75, 3.05) is 6.54 Å². The highest BCUT2D eigenvalue weighted by atomic mass is 32.1. The molecule has 3 N–H and O–H groups in total. The molecule has 0 aromatic carbocycles. The fourth-order valence-corrected chi connectivity index (χ4v) is 2.95. The molecule has 0 bridgehead atoms. The quantitative estimate of drug-likeness (QED) is 0.799. The minimum Gasteiger partial charge on any atom is -0.481 e. The molecule has 0 aliphatic heterocycles. The average molecular weight is 239 g/mol. The topological polar surface area (TPSA) is 63.3 Å². The maximum Gasteiger partial charge on any atom is 0.311 e. The number of hydrogen-bond acceptors (Lipinski definition) is 3. The molecule has 1 aliphatic carbocycles. The monoisotopic (exact) mass is 239 g/mol. The van der Waals surface area contributed by atoms with Crippen molar-refractivity contribution in [2.45, 2.75) is 25.7 Å². The van der Waals surface area contributed by atoms with E-state index in [-0.39, 0.29) is 6.54 Å². The van der Waals surface area contributed by atoms with E-state index in [0.717, 1.165) is 11.3 Å². The van der Waals surface area contributed by atoms with Gasteiger partial charge in [-0.3, -0.25) is 4.79 Å². The fraction of sp³-hybridized carbons (Fsp3) is 0.583. The molecule has 1 unspecified atom stereocenters. The van der Waals surface area contributed by atoms with E-state index in [1.807, 2.05) is 17.5 Å². The lowest BCUT2D eigenvalue weighted by Crippen LogP contribution is -2.41. The third-order valence-electron chi connectivity index (χ3n) is 3.31. The lowest BCUT2D eigenvalue weighted by atomic mass is 9.79. The third-order valence-corrected chi connectivity index (χ3v) is 4.19. The van der Waals surface area contributed by atoms with Gasteiger partial charge in [-0.2, -0.15) is 0 Å². The molecule has 1 aromatic rings. The van der Waals surface area contributed by atoms with Gasteiger partial charge in [-0.1, -0.05) is 18.9 Å². The van der Waals surface area contributed by atoms with Crippen LogP contribution < -0.4 is 5.73 Å². The predicted molar refractivity (Wildman–Crippen MR) is 64.5 cm³/mol. The number of hydrogen-bond donors (Lipinski definition) is 2. The van der Waals surface area contributed by atoms with Crippen LogP contribution in [-0.2, 0) is 11.2 Å². The van der Waals surface area contributed by atoms with Crippen LogP contribution in [-0.4, -0.2) is 17.6 Å². The van der Waals surface area contributed by atoms with Crippen LogP contribution in [0.25, 0.3) is 0 Å². The summed E-state index contributed by atoms with van der Waals surface area (Å²) in [4.78, 5) is 12.6. The molecule has 1 aromatic heterocycles. The van der Waals surface area contributed by atoms with E-state index in [0.29, 0.717) is 12.3 Å². The Morgan fingerprint density at radius 1 is 1.62 bits per heavy atom. The summed E-state index contributed by atoms with van der Waals surface area (Å²) < 4.78 is 0. The van der Waals surface area contributed by atoms with E-state index >= 15 is 0 Å². The molecular weight excluding hydrogens is 222 g/mol. The molecule has 1 aliphatic rings. The zero-order valence-corrected chi connectivity index (χ0v) is 10.0. The van der Waals surface area contributed by atoms with Crippen molar-refractivity contribution >= 4 is 17.3 Å². The maximum absolute atomic E-state index is 11.5. The smallest absolute Gasteiger partial charge is 0.311 e. The Morgan fingerprint density at radius 2 is 2.38 bits per heavy atom. The maximum atomic E-state index is 11.5. The van der Waals surface area contributed by atoms with Gasteiger partial charge in [0.2, 0.25) is 0 Å². The van der Waals surface area contributed by atoms with Crippen molar-refractivity contribution in [2.24, 2.45) is 17.1 Å². The molecule has 4 heteroatoms. The van der Waals surface area contributed by atoms with E-state index in [1.165, 1.54) is 12.8 Å². The zero-order valence-electron chi connectivity index (χ0n) is 9.19. The van der Waals surface area contributed by atoms with Gasteiger partial charge in [-0.05, 0) is 30.2 Å². The molecule has 2 rings (SSSR count). The van der Waals surface area contributed by atoms with Crippen molar-refractivity contribution in [1.29, 1.82) is 0 Å². The number of carboxylic acids is 1. The van der Waals surface area contributed by atoms with Crippen LogP contribution in [0.4, 0.5) is 0 Å². The zero-order chi connectivity index (χ0) is 11.6. The Morgan fingerprint density at radius 3 is 2.81 bits per heavy atom. The van der Waals surface area contributed by atoms with E-state index in [2.05, 4.69) is 0 Å². The summed E-state index contributed by atoms with van der Waals surface area (Å²) in [6.07, 6.45) is 3.64. The van der Waals surface area contributed by atoms with Crippen molar-refractivity contribution in [1.82, 2.24) is 0 Å². The summed E-state index contributed by atoms with van der Waals surface area (Å²) in [6.45, 7) is 0.233. The van der Waals surface area contributed by atoms with Gasteiger partial charge in [0.1, 0.15) is 0 Å². The summed E-state index contributed by atoms with van der Waals surface area (Å²) in [6, 6.07) is 3.95. The van der Waals surface area contributed by atoms with Crippen LogP contribution >= 0.6 is 11.3 Å². The van der Waals surface area contributed by atoms with Crippen molar-refractivity contribution in [3.8, 4) is 0 Å². The highest BCUT2D eigenvalue weighted by Gasteiger charge is 2.42. The second-order valence-electron chi connectivity index (χ2n) is 4.69. The summed E-state index contributed by atoms with van der Waals surface area (Å²) in [5, 5.41) is 11.4. The van der Waals surface area contributed by atoms with Gasteiger partial charge in [0.05, 0.1) is 5.41 Å². The molecular formula is C12H17NO2S. The molecule has 1 fully saturated rings. The molecule has 0 radical (unpaired) electrons. The van der Waals surface area contributed by atoms with Gasteiger partial charge in [-0.25, -0.2) is 0 Å². The molecule has 1 atom stereocenters. The molecule has 0 spiro atoms. The highest BCUT2D eigenvalue weighted by molar-refractivity contribution is 7.09. The molecule has 1 heterocycles. The predicted octanol–water partition coefficient (Wildman–Crippen LogP) is 2.12. The van der Waals surface area contributed by atoms with Crippen LogP contribution in [0.3, 0.4) is 0 Å². The standard InChI is InChI=1S/C12H17NO2S/c13-8-12(11(14)15,6-9-3-4-9)7-10-2-1-5-16-10/h1-2,5,9H,3-4,6-8,13H2,(H,14,15). The van der Waals surface area contributed by atoms with E-state index in [1.54, 1.807) is 11.3 Å². The Bertz CT molecular complexity index is 359. The summed E-state index contributed by atoms with van der Waals surface area (Å²) in [5.74, 6) is -0.157. The Balaban J connectivity index is 2.14. The first-order valence-corrected chi connectivity index (χ1v) is 6.50. The van der Waals surface area contributed by atoms with E-state index in [4.69, 9.17) is 5.73 Å². The minimum atomic E-state index is -0.744. The first-order chi connectivity index (χ1) is 7.66. The first-order valence-electron chi connectivity index (χ1n) is 5.62. The normalized spacial score (nSPS) is 19.3. The van der Waals surface area contributed by atoms with Crippen molar-refractivity contribution < 1.29 is 9.90 Å². The summed E-state index contributed by atoms with van der Waals surface area (Å²) >= 11 is 1.61. The highest BCUT2D eigenvalue weighted by Crippen LogP contribution is 2.42. The van der Waals surface area contributed by atoms with Crippen LogP contribution in [0.5, 0.6) is 0 Å². The lowest BCUT2D eigenvalue weighted by Gasteiger charge is -2.27. The van der Waals surface area contributed by atoms with Crippen LogP contribution in [0, 0.1) is 11.3 Å². The SMILES string of the molecule is NCC(Cc1cccs1)(CC1CC1)C(=O)O. The van der Waals surface area contributed by atoms with Gasteiger partial charge in [0, 0.05) is 11.4 Å². The number of thiophene rings is 1. The van der Waals surface area contributed by atoms with Gasteiger partial charge < -0.3 is 10.8 Å². The van der Waals surface area contributed by atoms with Gasteiger partial charge >= 0.3 is 5.97 Å². The fourth-order valence-electron chi connectivity index (χ4n) is 2.10. The number of carbonyl (C=O) groups is 1. The number of nitrogens with two attached hydrogens (primary N) is 1. The number of aliphatic carboxylic acids is 1. The van der Waals surface area contributed by atoms with Crippen LogP contribution in [0.1, 0.15) is 24.1 Å². The molecule has 0 saturated heterocycles. The second kappa shape index (κ2) is 4.55. The van der Waals surface area contributed by atoms with Gasteiger partial charge in [0.15, 0.2) is 0 Å². The van der Waals surface area contributed by atoms with Crippen molar-refractivity contribution in [3.63, 3.8) is 0 Å². The van der Waals surface area contributed by atoms with E-state index < -0.39 is 11.4 Å². The van der Waals surface area contributed by atoms with Gasteiger partial charge in [-0.15, -0.1) is 11.3 Å². The molecule has 16 heavy (non-hydrogen) atoms. The Hall–Kier alpha value is -0.870. The summed E-state index contributed by atoms with van der Waals surface area (Å²) in [7, 11) is 0. The average Bonchev–Trinajstić information content (AvgIpc) is 2.91. The largest absolute Gasteiger partial charge is 0.481 e. The van der Waals surface area contributed by atoms with Crippen LogP contribution in [0.2, 0.25) is 0 Å². The molecule has 88 valence electrons. The lowest BCUT2D eigenvalue weighted by molar-refractivity contribution is -0.149.